The molecule has 17 heavy (non-hydrogen) atoms. The molecular weight excluding hydrogens is 230 g/mol. The molecule has 0 amide bonds. The lowest BCUT2D eigenvalue weighted by Crippen LogP contribution is -2.42. The maximum Gasteiger partial charge on any atom is 0.0798 e. The Labute approximate surface area is 108 Å². The molecule has 1 aromatic rings. The Bertz CT molecular complexity index is 342. The summed E-state index contributed by atoms with van der Waals surface area (Å²) in [7, 11) is 0. The summed E-state index contributed by atoms with van der Waals surface area (Å²) < 4.78 is 0. The summed E-state index contributed by atoms with van der Waals surface area (Å²) in [5.74, 6) is 0. The molecule has 2 rings (SSSR count). The summed E-state index contributed by atoms with van der Waals surface area (Å²) in [6.45, 7) is 8.89. The van der Waals surface area contributed by atoms with Crippen LogP contribution < -0.4 is 10.6 Å². The Morgan fingerprint density at radius 2 is 2.24 bits per heavy atom. The zero-order chi connectivity index (χ0) is 12.1. The van der Waals surface area contributed by atoms with Gasteiger partial charge in [-0.3, -0.25) is 0 Å². The minimum absolute atomic E-state index is 0.518. The zero-order valence-electron chi connectivity index (χ0n) is 10.9. The fraction of sp³-hybridized carbons (Fsp3) is 0.769. The van der Waals surface area contributed by atoms with Gasteiger partial charge < -0.3 is 10.6 Å². The Kier molecular flexibility index (Phi) is 4.54. The van der Waals surface area contributed by atoms with E-state index in [4.69, 9.17) is 0 Å². The lowest BCUT2D eigenvalue weighted by molar-refractivity contribution is 0.185. The molecule has 0 atom stereocenters. The number of hydrogen-bond acceptors (Lipinski definition) is 4. The summed E-state index contributed by atoms with van der Waals surface area (Å²) in [4.78, 5) is 5.67. The van der Waals surface area contributed by atoms with Crippen LogP contribution in [0.4, 0.5) is 0 Å². The topological polar surface area (TPSA) is 37.0 Å². The fourth-order valence-electron chi connectivity index (χ4n) is 2.55. The molecule has 1 aliphatic heterocycles. The number of aryl methyl sites for hydroxylation is 1. The average molecular weight is 253 g/mol. The van der Waals surface area contributed by atoms with E-state index in [1.54, 1.807) is 11.3 Å². The Morgan fingerprint density at radius 3 is 2.82 bits per heavy atom. The van der Waals surface area contributed by atoms with Crippen LogP contribution in [0.25, 0.3) is 0 Å². The number of nitrogens with one attached hydrogen (secondary N) is 2. The van der Waals surface area contributed by atoms with E-state index < -0.39 is 0 Å². The maximum absolute atomic E-state index is 4.29. The van der Waals surface area contributed by atoms with Crippen molar-refractivity contribution < 1.29 is 0 Å². The quantitative estimate of drug-likeness (QED) is 0.845. The van der Waals surface area contributed by atoms with Gasteiger partial charge in [0.1, 0.15) is 0 Å². The van der Waals surface area contributed by atoms with Gasteiger partial charge in [-0.1, -0.05) is 6.92 Å². The van der Waals surface area contributed by atoms with Crippen LogP contribution in [0.2, 0.25) is 0 Å². The van der Waals surface area contributed by atoms with Crippen molar-refractivity contribution in [3.05, 3.63) is 16.1 Å². The van der Waals surface area contributed by atoms with Crippen molar-refractivity contribution in [3.63, 3.8) is 0 Å². The largest absolute Gasteiger partial charge is 0.317 e. The minimum atomic E-state index is 0.518. The van der Waals surface area contributed by atoms with E-state index in [1.165, 1.54) is 42.9 Å². The Hall–Kier alpha value is -0.450. The van der Waals surface area contributed by atoms with Gasteiger partial charge in [-0.2, -0.15) is 0 Å². The molecule has 0 bridgehead atoms. The molecule has 4 heteroatoms. The van der Waals surface area contributed by atoms with Crippen molar-refractivity contribution in [2.45, 2.75) is 39.7 Å². The van der Waals surface area contributed by atoms with E-state index in [-0.39, 0.29) is 0 Å². The highest BCUT2D eigenvalue weighted by molar-refractivity contribution is 7.09. The summed E-state index contributed by atoms with van der Waals surface area (Å²) in [5, 5.41) is 7.08. The maximum atomic E-state index is 4.29. The third kappa shape index (κ3) is 3.27. The first-order valence-electron chi connectivity index (χ1n) is 6.56. The number of aromatic nitrogens is 1. The van der Waals surface area contributed by atoms with Gasteiger partial charge in [0.2, 0.25) is 0 Å². The molecule has 2 heterocycles. The van der Waals surface area contributed by atoms with Crippen LogP contribution >= 0.6 is 11.3 Å². The fourth-order valence-corrected chi connectivity index (χ4v) is 3.30. The van der Waals surface area contributed by atoms with Gasteiger partial charge in [0, 0.05) is 18.0 Å². The predicted octanol–water partition coefficient (Wildman–Crippen LogP) is 2.32. The summed E-state index contributed by atoms with van der Waals surface area (Å²) in [5.41, 5.74) is 3.63. The third-order valence-corrected chi connectivity index (χ3v) is 4.98. The molecule has 1 fully saturated rings. The molecule has 1 saturated heterocycles. The molecule has 0 saturated carbocycles. The van der Waals surface area contributed by atoms with Gasteiger partial charge in [-0.25, -0.2) is 4.98 Å². The first-order valence-corrected chi connectivity index (χ1v) is 7.44. The van der Waals surface area contributed by atoms with E-state index in [2.05, 4.69) is 29.5 Å². The minimum Gasteiger partial charge on any atom is -0.317 e. The molecule has 0 unspecified atom stereocenters. The molecule has 3 nitrogen and oxygen atoms in total. The molecular formula is C13H23N3S. The second-order valence-corrected chi connectivity index (χ2v) is 6.01. The van der Waals surface area contributed by atoms with Gasteiger partial charge in [0.25, 0.3) is 0 Å². The van der Waals surface area contributed by atoms with Crippen molar-refractivity contribution in [2.75, 3.05) is 19.6 Å². The van der Waals surface area contributed by atoms with Crippen LogP contribution in [0.15, 0.2) is 5.51 Å². The van der Waals surface area contributed by atoms with Crippen molar-refractivity contribution in [1.82, 2.24) is 15.6 Å². The van der Waals surface area contributed by atoms with Crippen LogP contribution in [-0.2, 0) is 6.54 Å². The molecule has 1 aliphatic rings. The Balaban J connectivity index is 1.82. The first kappa shape index (κ1) is 13.0. The first-order chi connectivity index (χ1) is 8.26. The van der Waals surface area contributed by atoms with E-state index in [0.717, 1.165) is 13.1 Å². The van der Waals surface area contributed by atoms with Gasteiger partial charge >= 0.3 is 0 Å². The van der Waals surface area contributed by atoms with E-state index in [0.29, 0.717) is 5.41 Å². The monoisotopic (exact) mass is 253 g/mol. The smallest absolute Gasteiger partial charge is 0.0798 e. The second-order valence-electron chi connectivity index (χ2n) is 5.07. The number of nitrogens with zero attached hydrogens (tertiary/aromatic N) is 1. The van der Waals surface area contributed by atoms with Gasteiger partial charge in [-0.05, 0) is 44.7 Å². The third-order valence-electron chi connectivity index (χ3n) is 4.04. The number of rotatable bonds is 5. The van der Waals surface area contributed by atoms with Crippen LogP contribution in [-0.4, -0.2) is 24.6 Å². The summed E-state index contributed by atoms with van der Waals surface area (Å²) in [6.07, 6.45) is 3.89. The van der Waals surface area contributed by atoms with Gasteiger partial charge in [0.05, 0.1) is 11.2 Å². The number of thiazole rings is 1. The van der Waals surface area contributed by atoms with Gasteiger partial charge in [0.15, 0.2) is 0 Å². The molecule has 0 spiro atoms. The number of piperidine rings is 1. The highest BCUT2D eigenvalue weighted by Crippen LogP contribution is 2.31. The molecule has 96 valence electrons. The SMILES string of the molecule is CCC1(CNCc2scnc2C)CCNCC1. The molecule has 0 aromatic carbocycles. The lowest BCUT2D eigenvalue weighted by atomic mass is 9.76. The highest BCUT2D eigenvalue weighted by Gasteiger charge is 2.29. The van der Waals surface area contributed by atoms with Crippen molar-refractivity contribution in [2.24, 2.45) is 5.41 Å². The van der Waals surface area contributed by atoms with E-state index in [1.807, 2.05) is 5.51 Å². The second kappa shape index (κ2) is 5.94. The van der Waals surface area contributed by atoms with Crippen molar-refractivity contribution in [3.8, 4) is 0 Å². The molecule has 0 radical (unpaired) electrons. The normalized spacial score (nSPS) is 19.4. The van der Waals surface area contributed by atoms with E-state index >= 15 is 0 Å². The highest BCUT2D eigenvalue weighted by atomic mass is 32.1. The Morgan fingerprint density at radius 1 is 1.47 bits per heavy atom. The van der Waals surface area contributed by atoms with Crippen LogP contribution in [0.3, 0.4) is 0 Å². The summed E-state index contributed by atoms with van der Waals surface area (Å²) >= 11 is 1.76. The zero-order valence-corrected chi connectivity index (χ0v) is 11.7. The molecule has 1 aromatic heterocycles. The average Bonchev–Trinajstić information content (AvgIpc) is 2.76. The lowest BCUT2D eigenvalue weighted by Gasteiger charge is -2.37. The van der Waals surface area contributed by atoms with Crippen molar-refractivity contribution in [1.29, 1.82) is 0 Å². The van der Waals surface area contributed by atoms with E-state index in [9.17, 15) is 0 Å². The van der Waals surface area contributed by atoms with Crippen molar-refractivity contribution >= 4 is 11.3 Å². The van der Waals surface area contributed by atoms with Crippen LogP contribution in [0.1, 0.15) is 36.8 Å². The van der Waals surface area contributed by atoms with Gasteiger partial charge in [-0.15, -0.1) is 11.3 Å². The van der Waals surface area contributed by atoms with Crippen LogP contribution in [0.5, 0.6) is 0 Å². The van der Waals surface area contributed by atoms with Crippen LogP contribution in [0, 0.1) is 12.3 Å². The number of hydrogen-bond donors (Lipinski definition) is 2. The predicted molar refractivity (Wildman–Crippen MR) is 73.4 cm³/mol. The molecule has 2 N–H and O–H groups in total. The standard InChI is InChI=1S/C13H23N3S/c1-3-13(4-6-14-7-5-13)9-15-8-12-11(2)16-10-17-12/h10,14-15H,3-9H2,1-2H3. The summed E-state index contributed by atoms with van der Waals surface area (Å²) in [6, 6.07) is 0. The molecule has 0 aliphatic carbocycles.